The van der Waals surface area contributed by atoms with Gasteiger partial charge in [-0.15, -0.1) is 0 Å². The first-order valence-corrected chi connectivity index (χ1v) is 9.73. The summed E-state index contributed by atoms with van der Waals surface area (Å²) in [7, 11) is 0. The Labute approximate surface area is 169 Å². The molecule has 6 nitrogen and oxygen atoms in total. The van der Waals surface area contributed by atoms with E-state index in [1.54, 1.807) is 0 Å². The number of amides is 1. The monoisotopic (exact) mass is 401 g/mol. The molecule has 0 aliphatic carbocycles. The zero-order chi connectivity index (χ0) is 19.9. The van der Waals surface area contributed by atoms with Gasteiger partial charge in [-0.05, 0) is 43.5 Å². The fraction of sp³-hybridized carbons (Fsp3) is 0.333. The number of benzene rings is 1. The van der Waals surface area contributed by atoms with Crippen LogP contribution < -0.4 is 11.1 Å². The average molecular weight is 402 g/mol. The molecule has 148 valence electrons. The third-order valence-corrected chi connectivity index (χ3v) is 4.96. The van der Waals surface area contributed by atoms with Crippen LogP contribution in [0.2, 0.25) is 5.02 Å². The molecule has 7 heteroatoms. The SMILES string of the molecule is CCC(N)CC(CCNC(=O)c1cnoc1)c1ccc(-c2cccc(Cl)c2)o1. The van der Waals surface area contributed by atoms with E-state index in [1.807, 2.05) is 36.4 Å². The Morgan fingerprint density at radius 3 is 2.89 bits per heavy atom. The van der Waals surface area contributed by atoms with Crippen LogP contribution in [0.25, 0.3) is 11.3 Å². The summed E-state index contributed by atoms with van der Waals surface area (Å²) in [5.74, 6) is 1.52. The number of carbonyl (C=O) groups excluding carboxylic acids is 1. The maximum atomic E-state index is 12.1. The van der Waals surface area contributed by atoms with Crippen molar-refractivity contribution in [1.29, 1.82) is 0 Å². The fourth-order valence-corrected chi connectivity index (χ4v) is 3.25. The normalized spacial score (nSPS) is 13.2. The summed E-state index contributed by atoms with van der Waals surface area (Å²) in [6.45, 7) is 2.56. The van der Waals surface area contributed by atoms with Gasteiger partial charge in [0.2, 0.25) is 0 Å². The summed E-state index contributed by atoms with van der Waals surface area (Å²) in [5, 5.41) is 7.09. The molecule has 28 heavy (non-hydrogen) atoms. The summed E-state index contributed by atoms with van der Waals surface area (Å²) >= 11 is 6.08. The number of furan rings is 1. The smallest absolute Gasteiger partial charge is 0.256 e. The first-order chi connectivity index (χ1) is 13.6. The van der Waals surface area contributed by atoms with Gasteiger partial charge in [0, 0.05) is 29.1 Å². The largest absolute Gasteiger partial charge is 0.461 e. The molecule has 2 unspecified atom stereocenters. The Morgan fingerprint density at radius 1 is 1.32 bits per heavy atom. The van der Waals surface area contributed by atoms with Crippen LogP contribution in [0.15, 0.2) is 57.8 Å². The van der Waals surface area contributed by atoms with Crippen molar-refractivity contribution in [2.24, 2.45) is 5.73 Å². The van der Waals surface area contributed by atoms with Crippen molar-refractivity contribution in [2.75, 3.05) is 6.54 Å². The van der Waals surface area contributed by atoms with E-state index in [-0.39, 0.29) is 17.9 Å². The van der Waals surface area contributed by atoms with Gasteiger partial charge in [-0.25, -0.2) is 0 Å². The zero-order valence-corrected chi connectivity index (χ0v) is 16.5. The predicted octanol–water partition coefficient (Wildman–Crippen LogP) is 4.62. The second-order valence-corrected chi connectivity index (χ2v) is 7.21. The molecule has 3 N–H and O–H groups in total. The molecule has 0 saturated heterocycles. The Hall–Kier alpha value is -2.57. The van der Waals surface area contributed by atoms with Crippen LogP contribution in [-0.2, 0) is 0 Å². The van der Waals surface area contributed by atoms with Gasteiger partial charge in [0.05, 0.1) is 11.8 Å². The Kier molecular flexibility index (Phi) is 6.90. The number of nitrogens with one attached hydrogen (secondary N) is 1. The zero-order valence-electron chi connectivity index (χ0n) is 15.7. The molecule has 3 rings (SSSR count). The van der Waals surface area contributed by atoms with Gasteiger partial charge in [-0.2, -0.15) is 0 Å². The molecule has 2 heterocycles. The van der Waals surface area contributed by atoms with E-state index in [0.717, 1.165) is 29.9 Å². The molecule has 0 saturated carbocycles. The third kappa shape index (κ3) is 5.24. The second-order valence-electron chi connectivity index (χ2n) is 6.77. The lowest BCUT2D eigenvalue weighted by atomic mass is 9.93. The highest BCUT2D eigenvalue weighted by atomic mass is 35.5. The number of rotatable bonds is 9. The average Bonchev–Trinajstić information content (AvgIpc) is 3.39. The van der Waals surface area contributed by atoms with Crippen molar-refractivity contribution in [3.05, 3.63) is 65.2 Å². The van der Waals surface area contributed by atoms with Crippen LogP contribution in [0.1, 0.15) is 48.2 Å². The minimum absolute atomic E-state index is 0.0681. The number of carbonyl (C=O) groups is 1. The minimum Gasteiger partial charge on any atom is -0.461 e. The van der Waals surface area contributed by atoms with Crippen LogP contribution in [0.3, 0.4) is 0 Å². The van der Waals surface area contributed by atoms with E-state index in [0.29, 0.717) is 23.6 Å². The van der Waals surface area contributed by atoms with Crippen molar-refractivity contribution in [3.8, 4) is 11.3 Å². The highest BCUT2D eigenvalue weighted by Gasteiger charge is 2.20. The molecular formula is C21H24ClN3O3. The van der Waals surface area contributed by atoms with Gasteiger partial charge >= 0.3 is 0 Å². The van der Waals surface area contributed by atoms with Crippen molar-refractivity contribution < 1.29 is 13.7 Å². The Bertz CT molecular complexity index is 892. The van der Waals surface area contributed by atoms with E-state index in [1.165, 1.54) is 12.5 Å². The fourth-order valence-electron chi connectivity index (χ4n) is 3.06. The second kappa shape index (κ2) is 9.57. The maximum Gasteiger partial charge on any atom is 0.256 e. The van der Waals surface area contributed by atoms with Gasteiger partial charge in [-0.1, -0.05) is 35.8 Å². The third-order valence-electron chi connectivity index (χ3n) is 4.72. The van der Waals surface area contributed by atoms with Crippen LogP contribution in [0, 0.1) is 0 Å². The maximum absolute atomic E-state index is 12.1. The van der Waals surface area contributed by atoms with E-state index in [9.17, 15) is 4.79 Å². The lowest BCUT2D eigenvalue weighted by Gasteiger charge is -2.18. The van der Waals surface area contributed by atoms with Gasteiger partial charge in [0.1, 0.15) is 17.8 Å². The molecule has 0 fully saturated rings. The van der Waals surface area contributed by atoms with Crippen LogP contribution in [-0.4, -0.2) is 23.7 Å². The van der Waals surface area contributed by atoms with Gasteiger partial charge < -0.3 is 20.0 Å². The standard InChI is InChI=1S/C21H24ClN3O3/c1-2-18(23)11-15(8-9-24-21(26)16-12-25-27-13-16)20-7-6-19(28-20)14-4-3-5-17(22)10-14/h3-7,10,12-13,15,18H,2,8-9,11,23H2,1H3,(H,24,26). The van der Waals surface area contributed by atoms with Gasteiger partial charge in [-0.3, -0.25) is 4.79 Å². The van der Waals surface area contributed by atoms with Crippen LogP contribution in [0.4, 0.5) is 0 Å². The molecule has 0 aliphatic rings. The highest BCUT2D eigenvalue weighted by Crippen LogP contribution is 2.31. The number of nitrogens with two attached hydrogens (primary N) is 1. The predicted molar refractivity (Wildman–Crippen MR) is 108 cm³/mol. The molecular weight excluding hydrogens is 378 g/mol. The molecule has 0 aliphatic heterocycles. The number of hydrogen-bond acceptors (Lipinski definition) is 5. The number of aromatic nitrogens is 1. The molecule has 1 aromatic carbocycles. The number of nitrogens with zero attached hydrogens (tertiary/aromatic N) is 1. The topological polar surface area (TPSA) is 94.3 Å². The number of halogens is 1. The van der Waals surface area contributed by atoms with Crippen molar-refractivity contribution in [1.82, 2.24) is 10.5 Å². The lowest BCUT2D eigenvalue weighted by molar-refractivity contribution is 0.0951. The molecule has 0 spiro atoms. The molecule has 0 radical (unpaired) electrons. The van der Waals surface area contributed by atoms with Crippen molar-refractivity contribution in [3.63, 3.8) is 0 Å². The van der Waals surface area contributed by atoms with Crippen LogP contribution >= 0.6 is 11.6 Å². The molecule has 0 bridgehead atoms. The summed E-state index contributed by atoms with van der Waals surface area (Å²) < 4.78 is 10.8. The summed E-state index contributed by atoms with van der Waals surface area (Å²) in [5.41, 5.74) is 7.52. The molecule has 1 amide bonds. The molecule has 3 aromatic rings. The van der Waals surface area contributed by atoms with E-state index >= 15 is 0 Å². The first kappa shape index (κ1) is 20.2. The molecule has 2 aromatic heterocycles. The van der Waals surface area contributed by atoms with E-state index in [4.69, 9.17) is 26.3 Å². The number of hydrogen-bond donors (Lipinski definition) is 2. The molecule has 2 atom stereocenters. The quantitative estimate of drug-likeness (QED) is 0.545. The van der Waals surface area contributed by atoms with Crippen molar-refractivity contribution >= 4 is 17.5 Å². The minimum atomic E-state index is -0.209. The van der Waals surface area contributed by atoms with Gasteiger partial charge in [0.25, 0.3) is 5.91 Å². The van der Waals surface area contributed by atoms with E-state index in [2.05, 4.69) is 17.4 Å². The Morgan fingerprint density at radius 2 is 2.18 bits per heavy atom. The summed E-state index contributed by atoms with van der Waals surface area (Å²) in [6.07, 6.45) is 5.09. The van der Waals surface area contributed by atoms with Crippen molar-refractivity contribution in [2.45, 2.75) is 38.1 Å². The Balaban J connectivity index is 1.68. The summed E-state index contributed by atoms with van der Waals surface area (Å²) in [4.78, 5) is 12.1. The lowest BCUT2D eigenvalue weighted by Crippen LogP contribution is -2.27. The van der Waals surface area contributed by atoms with E-state index < -0.39 is 0 Å². The summed E-state index contributed by atoms with van der Waals surface area (Å²) in [6, 6.07) is 11.5. The van der Waals surface area contributed by atoms with Crippen LogP contribution in [0.5, 0.6) is 0 Å². The highest BCUT2D eigenvalue weighted by molar-refractivity contribution is 6.30. The van der Waals surface area contributed by atoms with Gasteiger partial charge in [0.15, 0.2) is 0 Å². The first-order valence-electron chi connectivity index (χ1n) is 9.35.